The monoisotopic (exact) mass is 252 g/mol. The zero-order valence-electron chi connectivity index (χ0n) is 9.86. The van der Waals surface area contributed by atoms with Crippen LogP contribution in [-0.2, 0) is 0 Å². The molecule has 0 saturated carbocycles. The maximum absolute atomic E-state index is 8.68. The van der Waals surface area contributed by atoms with Crippen molar-refractivity contribution in [3.8, 4) is 0 Å². The summed E-state index contributed by atoms with van der Waals surface area (Å²) in [5.74, 6) is 0. The molecular weight excluding hydrogens is 236 g/mol. The van der Waals surface area contributed by atoms with E-state index in [1.54, 1.807) is 0 Å². The van der Waals surface area contributed by atoms with E-state index in [0.717, 1.165) is 17.0 Å². The van der Waals surface area contributed by atoms with E-state index in [2.05, 4.69) is 23.5 Å². The Morgan fingerprint density at radius 2 is 2.29 bits per heavy atom. The first-order chi connectivity index (χ1) is 8.26. The number of nitrogens with one attached hydrogen (secondary N) is 1. The summed E-state index contributed by atoms with van der Waals surface area (Å²) in [5.41, 5.74) is 2.39. The highest BCUT2D eigenvalue weighted by Crippen LogP contribution is 2.36. The SMILES string of the molecule is CCCCC1NC(/C=N\O)c2cc(Cl)ccc21. The van der Waals surface area contributed by atoms with Gasteiger partial charge in [-0.25, -0.2) is 0 Å². The van der Waals surface area contributed by atoms with Crippen molar-refractivity contribution in [2.24, 2.45) is 5.16 Å². The van der Waals surface area contributed by atoms with Gasteiger partial charge in [-0.15, -0.1) is 5.16 Å². The largest absolute Gasteiger partial charge is 0.411 e. The molecule has 0 aromatic heterocycles. The Bertz CT molecular complexity index is 420. The third-order valence-electron chi connectivity index (χ3n) is 3.20. The van der Waals surface area contributed by atoms with Crippen LogP contribution in [0.15, 0.2) is 23.4 Å². The highest BCUT2D eigenvalue weighted by atomic mass is 35.5. The molecule has 4 heteroatoms. The number of hydrogen-bond acceptors (Lipinski definition) is 3. The quantitative estimate of drug-likeness (QED) is 0.488. The molecule has 1 aromatic rings. The molecule has 0 bridgehead atoms. The smallest absolute Gasteiger partial charge is 0.0722 e. The number of benzene rings is 1. The van der Waals surface area contributed by atoms with E-state index in [1.165, 1.54) is 24.6 Å². The number of nitrogens with zero attached hydrogens (tertiary/aromatic N) is 1. The number of fused-ring (bicyclic) bond motifs is 1. The molecule has 17 heavy (non-hydrogen) atoms. The van der Waals surface area contributed by atoms with Gasteiger partial charge < -0.3 is 5.21 Å². The normalized spacial score (nSPS) is 23.2. The maximum atomic E-state index is 8.68. The highest BCUT2D eigenvalue weighted by Gasteiger charge is 2.28. The molecule has 92 valence electrons. The summed E-state index contributed by atoms with van der Waals surface area (Å²) in [6.45, 7) is 2.18. The Kier molecular flexibility index (Phi) is 4.02. The Hall–Kier alpha value is -1.06. The number of unbranched alkanes of at least 4 members (excludes halogenated alkanes) is 1. The second-order valence-electron chi connectivity index (χ2n) is 4.38. The van der Waals surface area contributed by atoms with Gasteiger partial charge in [-0.2, -0.15) is 0 Å². The predicted molar refractivity (Wildman–Crippen MR) is 69.9 cm³/mol. The zero-order valence-corrected chi connectivity index (χ0v) is 10.6. The van der Waals surface area contributed by atoms with Crippen LogP contribution >= 0.6 is 11.6 Å². The molecule has 2 rings (SSSR count). The van der Waals surface area contributed by atoms with Crippen molar-refractivity contribution in [1.29, 1.82) is 0 Å². The minimum atomic E-state index is -0.0319. The molecular formula is C13H17ClN2O. The second kappa shape index (κ2) is 5.52. The maximum Gasteiger partial charge on any atom is 0.0722 e. The van der Waals surface area contributed by atoms with E-state index in [1.807, 2.05) is 12.1 Å². The summed E-state index contributed by atoms with van der Waals surface area (Å²) >= 11 is 6.01. The van der Waals surface area contributed by atoms with Crippen LogP contribution in [0.4, 0.5) is 0 Å². The fraction of sp³-hybridized carbons (Fsp3) is 0.462. The fourth-order valence-corrected chi connectivity index (χ4v) is 2.55. The molecule has 0 spiro atoms. The van der Waals surface area contributed by atoms with Gasteiger partial charge >= 0.3 is 0 Å². The molecule has 1 aliphatic rings. The summed E-state index contributed by atoms with van der Waals surface area (Å²) in [7, 11) is 0. The lowest BCUT2D eigenvalue weighted by Gasteiger charge is -2.11. The van der Waals surface area contributed by atoms with Crippen LogP contribution in [0.2, 0.25) is 5.02 Å². The molecule has 2 unspecified atom stereocenters. The van der Waals surface area contributed by atoms with Crippen molar-refractivity contribution < 1.29 is 5.21 Å². The molecule has 0 aliphatic carbocycles. The summed E-state index contributed by atoms with van der Waals surface area (Å²) in [4.78, 5) is 0. The van der Waals surface area contributed by atoms with Crippen molar-refractivity contribution in [3.63, 3.8) is 0 Å². The summed E-state index contributed by atoms with van der Waals surface area (Å²) < 4.78 is 0. The van der Waals surface area contributed by atoms with Gasteiger partial charge in [-0.1, -0.05) is 37.4 Å². The van der Waals surface area contributed by atoms with Crippen molar-refractivity contribution in [3.05, 3.63) is 34.3 Å². The summed E-state index contributed by atoms with van der Waals surface area (Å²) in [6, 6.07) is 6.23. The van der Waals surface area contributed by atoms with Gasteiger partial charge in [-0.05, 0) is 29.7 Å². The van der Waals surface area contributed by atoms with Crippen LogP contribution in [-0.4, -0.2) is 11.4 Å². The van der Waals surface area contributed by atoms with Gasteiger partial charge in [0.2, 0.25) is 0 Å². The first-order valence-corrected chi connectivity index (χ1v) is 6.37. The minimum Gasteiger partial charge on any atom is -0.411 e. The number of hydrogen-bond donors (Lipinski definition) is 2. The van der Waals surface area contributed by atoms with Crippen molar-refractivity contribution in [2.45, 2.75) is 38.3 Å². The van der Waals surface area contributed by atoms with Gasteiger partial charge in [0.25, 0.3) is 0 Å². The Balaban J connectivity index is 2.27. The van der Waals surface area contributed by atoms with E-state index in [0.29, 0.717) is 6.04 Å². The minimum absolute atomic E-state index is 0.0319. The van der Waals surface area contributed by atoms with Crippen LogP contribution in [0.25, 0.3) is 0 Å². The van der Waals surface area contributed by atoms with Gasteiger partial charge in [-0.3, -0.25) is 5.32 Å². The molecule has 0 fully saturated rings. The average Bonchev–Trinajstić information content (AvgIpc) is 2.65. The topological polar surface area (TPSA) is 44.6 Å². The third-order valence-corrected chi connectivity index (χ3v) is 3.44. The number of halogens is 1. The molecule has 0 saturated heterocycles. The summed E-state index contributed by atoms with van der Waals surface area (Å²) in [5, 5.41) is 16.0. The van der Waals surface area contributed by atoms with Crippen molar-refractivity contribution >= 4 is 17.8 Å². The molecule has 0 radical (unpaired) electrons. The van der Waals surface area contributed by atoms with Gasteiger partial charge in [0.1, 0.15) is 0 Å². The van der Waals surface area contributed by atoms with Gasteiger partial charge in [0.15, 0.2) is 0 Å². The molecule has 2 N–H and O–H groups in total. The first kappa shape index (κ1) is 12.4. The lowest BCUT2D eigenvalue weighted by atomic mass is 9.99. The Labute approximate surface area is 106 Å². The number of oxime groups is 1. The molecule has 1 aliphatic heterocycles. The summed E-state index contributed by atoms with van der Waals surface area (Å²) in [6.07, 6.45) is 4.98. The van der Waals surface area contributed by atoms with E-state index in [4.69, 9.17) is 16.8 Å². The predicted octanol–water partition coefficient (Wildman–Crippen LogP) is 3.68. The molecule has 1 heterocycles. The molecule has 3 nitrogen and oxygen atoms in total. The lowest BCUT2D eigenvalue weighted by Crippen LogP contribution is -2.18. The fourth-order valence-electron chi connectivity index (χ4n) is 2.37. The molecule has 1 aromatic carbocycles. The van der Waals surface area contributed by atoms with E-state index in [9.17, 15) is 0 Å². The van der Waals surface area contributed by atoms with Crippen LogP contribution in [0.5, 0.6) is 0 Å². The van der Waals surface area contributed by atoms with Crippen LogP contribution in [0.3, 0.4) is 0 Å². The first-order valence-electron chi connectivity index (χ1n) is 5.99. The van der Waals surface area contributed by atoms with Crippen molar-refractivity contribution in [2.75, 3.05) is 0 Å². The molecule has 0 amide bonds. The number of rotatable bonds is 4. The van der Waals surface area contributed by atoms with E-state index in [-0.39, 0.29) is 6.04 Å². The van der Waals surface area contributed by atoms with Crippen LogP contribution < -0.4 is 5.32 Å². The molecule has 2 atom stereocenters. The van der Waals surface area contributed by atoms with E-state index < -0.39 is 0 Å². The lowest BCUT2D eigenvalue weighted by molar-refractivity contribution is 0.318. The highest BCUT2D eigenvalue weighted by molar-refractivity contribution is 6.30. The zero-order chi connectivity index (χ0) is 12.3. The average molecular weight is 253 g/mol. The van der Waals surface area contributed by atoms with Crippen LogP contribution in [0.1, 0.15) is 49.4 Å². The Morgan fingerprint density at radius 1 is 1.47 bits per heavy atom. The van der Waals surface area contributed by atoms with E-state index >= 15 is 0 Å². The third kappa shape index (κ3) is 2.61. The Morgan fingerprint density at radius 3 is 3.00 bits per heavy atom. The second-order valence-corrected chi connectivity index (χ2v) is 4.81. The van der Waals surface area contributed by atoms with Crippen molar-refractivity contribution in [1.82, 2.24) is 5.32 Å². The van der Waals surface area contributed by atoms with Crippen LogP contribution in [0, 0.1) is 0 Å². The standard InChI is InChI=1S/C13H17ClN2O/c1-2-3-4-12-10-6-5-9(14)7-11(10)13(16-12)8-15-17/h5-8,12-13,16-17H,2-4H2,1H3/b15-8-. The van der Waals surface area contributed by atoms with Gasteiger partial charge in [0.05, 0.1) is 12.3 Å². The van der Waals surface area contributed by atoms with Gasteiger partial charge in [0, 0.05) is 11.1 Å².